The summed E-state index contributed by atoms with van der Waals surface area (Å²) in [5.74, 6) is 0.914. The molecule has 0 spiro atoms. The number of amides is 2. The van der Waals surface area contributed by atoms with E-state index in [0.29, 0.717) is 45.9 Å². The molecule has 1 aliphatic heterocycles. The monoisotopic (exact) mass is 361 g/mol. The van der Waals surface area contributed by atoms with E-state index in [2.05, 4.69) is 10.3 Å². The summed E-state index contributed by atoms with van der Waals surface area (Å²) in [6.45, 7) is 2.42. The minimum atomic E-state index is -0.281. The lowest BCUT2D eigenvalue weighted by Gasteiger charge is -2.11. The van der Waals surface area contributed by atoms with Crippen LogP contribution >= 0.6 is 11.3 Å². The second kappa shape index (κ2) is 7.10. The Morgan fingerprint density at radius 1 is 1.32 bits per heavy atom. The van der Waals surface area contributed by atoms with Crippen LogP contribution in [0.1, 0.15) is 28.2 Å². The molecule has 1 fully saturated rings. The highest BCUT2D eigenvalue weighted by Crippen LogP contribution is 2.32. The summed E-state index contributed by atoms with van der Waals surface area (Å²) in [6, 6.07) is 5.16. The first kappa shape index (κ1) is 17.2. The van der Waals surface area contributed by atoms with Crippen molar-refractivity contribution in [1.82, 2.24) is 4.98 Å². The lowest BCUT2D eigenvalue weighted by molar-refractivity contribution is -0.117. The number of thiazole rings is 1. The fourth-order valence-electron chi connectivity index (χ4n) is 2.64. The predicted molar refractivity (Wildman–Crippen MR) is 95.9 cm³/mol. The van der Waals surface area contributed by atoms with Crippen LogP contribution < -0.4 is 19.7 Å². The van der Waals surface area contributed by atoms with Crippen molar-refractivity contribution in [2.45, 2.75) is 19.8 Å². The molecule has 2 aromatic rings. The number of aromatic nitrogens is 1. The minimum absolute atomic E-state index is 0.0533. The van der Waals surface area contributed by atoms with Crippen LogP contribution in [0, 0.1) is 6.92 Å². The van der Waals surface area contributed by atoms with E-state index in [1.165, 1.54) is 18.4 Å². The Morgan fingerprint density at radius 3 is 2.76 bits per heavy atom. The van der Waals surface area contributed by atoms with Gasteiger partial charge in [-0.05, 0) is 25.5 Å². The number of hydrogen-bond acceptors (Lipinski definition) is 6. The van der Waals surface area contributed by atoms with Gasteiger partial charge >= 0.3 is 0 Å². The number of aryl methyl sites for hydroxylation is 1. The third-order valence-corrected chi connectivity index (χ3v) is 5.13. The van der Waals surface area contributed by atoms with E-state index in [-0.39, 0.29) is 11.8 Å². The number of methoxy groups -OCH3 is 2. The zero-order valence-electron chi connectivity index (χ0n) is 14.3. The van der Waals surface area contributed by atoms with Gasteiger partial charge in [-0.2, -0.15) is 0 Å². The molecule has 2 amide bonds. The van der Waals surface area contributed by atoms with Crippen molar-refractivity contribution in [2.75, 3.05) is 31.0 Å². The third-order valence-electron chi connectivity index (χ3n) is 3.95. The van der Waals surface area contributed by atoms with Crippen molar-refractivity contribution >= 4 is 34.0 Å². The average molecular weight is 361 g/mol. The first-order valence-electron chi connectivity index (χ1n) is 7.84. The molecule has 1 saturated heterocycles. The summed E-state index contributed by atoms with van der Waals surface area (Å²) < 4.78 is 10.4. The van der Waals surface area contributed by atoms with Crippen molar-refractivity contribution in [3.05, 3.63) is 28.8 Å². The van der Waals surface area contributed by atoms with Gasteiger partial charge in [0.05, 0.1) is 25.6 Å². The smallest absolute Gasteiger partial charge is 0.267 e. The third kappa shape index (κ3) is 3.43. The van der Waals surface area contributed by atoms with Crippen molar-refractivity contribution in [2.24, 2.45) is 0 Å². The highest BCUT2D eigenvalue weighted by molar-refractivity contribution is 7.18. The number of nitrogens with one attached hydrogen (secondary N) is 1. The molecule has 2 heterocycles. The topological polar surface area (TPSA) is 80.8 Å². The maximum absolute atomic E-state index is 12.6. The number of rotatable bonds is 5. The van der Waals surface area contributed by atoms with Gasteiger partial charge in [-0.3, -0.25) is 14.5 Å². The van der Waals surface area contributed by atoms with Gasteiger partial charge in [0, 0.05) is 19.0 Å². The number of carbonyl (C=O) groups excluding carboxylic acids is 2. The summed E-state index contributed by atoms with van der Waals surface area (Å²) in [7, 11) is 3.09. The molecule has 0 unspecified atom stereocenters. The molecule has 0 atom stereocenters. The highest BCUT2D eigenvalue weighted by atomic mass is 32.1. The fourth-order valence-corrected chi connectivity index (χ4v) is 3.65. The van der Waals surface area contributed by atoms with Crippen LogP contribution in [0.5, 0.6) is 11.5 Å². The number of carbonyl (C=O) groups is 2. The summed E-state index contributed by atoms with van der Waals surface area (Å²) >= 11 is 1.23. The Kier molecular flexibility index (Phi) is 4.89. The first-order valence-corrected chi connectivity index (χ1v) is 8.66. The zero-order chi connectivity index (χ0) is 18.0. The van der Waals surface area contributed by atoms with Crippen molar-refractivity contribution in [1.29, 1.82) is 0 Å². The Hall–Kier alpha value is -2.61. The molecule has 3 rings (SSSR count). The summed E-state index contributed by atoms with van der Waals surface area (Å²) in [4.78, 5) is 31.0. The van der Waals surface area contributed by atoms with Gasteiger partial charge in [0.15, 0.2) is 5.13 Å². The molecule has 0 radical (unpaired) electrons. The van der Waals surface area contributed by atoms with E-state index < -0.39 is 0 Å². The Balaban J connectivity index is 1.82. The van der Waals surface area contributed by atoms with Crippen LogP contribution in [0.3, 0.4) is 0 Å². The molecular weight excluding hydrogens is 342 g/mol. The SMILES string of the molecule is COc1ccc(NC(=O)c2sc(N3CCCC3=O)nc2C)c(OC)c1. The van der Waals surface area contributed by atoms with Crippen molar-refractivity contribution < 1.29 is 19.1 Å². The van der Waals surface area contributed by atoms with Gasteiger partial charge in [0.25, 0.3) is 5.91 Å². The molecule has 7 nitrogen and oxygen atoms in total. The molecular formula is C17H19N3O4S. The standard InChI is InChI=1S/C17H19N3O4S/c1-10-15(25-17(18-10)20-8-4-5-14(20)21)16(22)19-12-7-6-11(23-2)9-13(12)24-3/h6-7,9H,4-5,8H2,1-3H3,(H,19,22). The molecule has 0 aliphatic carbocycles. The van der Waals surface area contributed by atoms with Crippen LogP contribution in [0.15, 0.2) is 18.2 Å². The Morgan fingerprint density at radius 2 is 2.12 bits per heavy atom. The molecule has 1 N–H and O–H groups in total. The highest BCUT2D eigenvalue weighted by Gasteiger charge is 2.27. The van der Waals surface area contributed by atoms with Crippen molar-refractivity contribution in [3.8, 4) is 11.5 Å². The number of hydrogen-bond donors (Lipinski definition) is 1. The molecule has 1 aliphatic rings. The van der Waals surface area contributed by atoms with E-state index in [1.54, 1.807) is 37.1 Å². The summed E-state index contributed by atoms with van der Waals surface area (Å²) in [5, 5.41) is 3.41. The van der Waals surface area contributed by atoms with Crippen LogP contribution in [0.25, 0.3) is 0 Å². The quantitative estimate of drug-likeness (QED) is 0.886. The number of nitrogens with zero attached hydrogens (tertiary/aromatic N) is 2. The van der Waals surface area contributed by atoms with Crippen molar-refractivity contribution in [3.63, 3.8) is 0 Å². The fraction of sp³-hybridized carbons (Fsp3) is 0.353. The van der Waals surface area contributed by atoms with Gasteiger partial charge in [-0.25, -0.2) is 4.98 Å². The lowest BCUT2D eigenvalue weighted by Crippen LogP contribution is -2.23. The summed E-state index contributed by atoms with van der Waals surface area (Å²) in [6.07, 6.45) is 1.35. The van der Waals surface area contributed by atoms with Gasteiger partial charge in [-0.1, -0.05) is 11.3 Å². The molecule has 1 aromatic carbocycles. The average Bonchev–Trinajstić information content (AvgIpc) is 3.20. The molecule has 1 aromatic heterocycles. The molecule has 8 heteroatoms. The Labute approximate surface area is 149 Å². The molecule has 0 saturated carbocycles. The number of benzene rings is 1. The van der Waals surface area contributed by atoms with E-state index in [4.69, 9.17) is 9.47 Å². The molecule has 0 bridgehead atoms. The number of ether oxygens (including phenoxy) is 2. The van der Waals surface area contributed by atoms with E-state index >= 15 is 0 Å². The largest absolute Gasteiger partial charge is 0.497 e. The zero-order valence-corrected chi connectivity index (χ0v) is 15.1. The van der Waals surface area contributed by atoms with E-state index in [9.17, 15) is 9.59 Å². The van der Waals surface area contributed by atoms with Crippen LogP contribution in [-0.2, 0) is 4.79 Å². The normalized spacial score (nSPS) is 13.9. The minimum Gasteiger partial charge on any atom is -0.497 e. The summed E-state index contributed by atoms with van der Waals surface area (Å²) in [5.41, 5.74) is 1.14. The molecule has 132 valence electrons. The van der Waals surface area contributed by atoms with E-state index in [0.717, 1.165) is 6.42 Å². The Bertz CT molecular complexity index is 818. The van der Waals surface area contributed by atoms with Gasteiger partial charge in [-0.15, -0.1) is 0 Å². The van der Waals surface area contributed by atoms with Gasteiger partial charge < -0.3 is 14.8 Å². The lowest BCUT2D eigenvalue weighted by atomic mass is 10.2. The maximum Gasteiger partial charge on any atom is 0.267 e. The maximum atomic E-state index is 12.6. The van der Waals surface area contributed by atoms with Crippen LogP contribution in [0.2, 0.25) is 0 Å². The van der Waals surface area contributed by atoms with Crippen LogP contribution in [0.4, 0.5) is 10.8 Å². The number of anilines is 2. The van der Waals surface area contributed by atoms with Gasteiger partial charge in [0.2, 0.25) is 5.91 Å². The van der Waals surface area contributed by atoms with Gasteiger partial charge in [0.1, 0.15) is 16.4 Å². The molecule has 25 heavy (non-hydrogen) atoms. The second-order valence-electron chi connectivity index (χ2n) is 5.58. The second-order valence-corrected chi connectivity index (χ2v) is 6.56. The van der Waals surface area contributed by atoms with Crippen LogP contribution in [-0.4, -0.2) is 37.6 Å². The first-order chi connectivity index (χ1) is 12.0. The predicted octanol–water partition coefficient (Wildman–Crippen LogP) is 2.85. The van der Waals surface area contributed by atoms with E-state index in [1.807, 2.05) is 0 Å².